The number of nitrogens with one attached hydrogen (secondary N) is 1. The molecule has 154 valence electrons. The smallest absolute Gasteiger partial charge is 0.343 e. The molecule has 1 amide bonds. The molecule has 0 unspecified atom stereocenters. The summed E-state index contributed by atoms with van der Waals surface area (Å²) < 4.78 is 11.9. The van der Waals surface area contributed by atoms with Crippen LogP contribution in [0.5, 0.6) is 0 Å². The lowest BCUT2D eigenvalue weighted by Gasteiger charge is -2.20. The minimum atomic E-state index is -0.516. The zero-order valence-corrected chi connectivity index (χ0v) is 17.5. The molecule has 0 aliphatic rings. The number of aryl methyl sites for hydroxylation is 2. The first kappa shape index (κ1) is 20.8. The van der Waals surface area contributed by atoms with Gasteiger partial charge in [-0.15, -0.1) is 11.3 Å². The maximum Gasteiger partial charge on any atom is 0.343 e. The minimum absolute atomic E-state index is 0.130. The number of carbonyl (C=O) groups is 2. The summed E-state index contributed by atoms with van der Waals surface area (Å²) in [4.78, 5) is 29.2. The second kappa shape index (κ2) is 9.53. The highest BCUT2D eigenvalue weighted by Gasteiger charge is 2.21. The molecule has 0 radical (unpaired) electrons. The van der Waals surface area contributed by atoms with Gasteiger partial charge in [-0.25, -0.2) is 4.79 Å². The number of rotatable bonds is 9. The van der Waals surface area contributed by atoms with Gasteiger partial charge in [-0.05, 0) is 38.1 Å². The number of anilines is 1. The summed E-state index contributed by atoms with van der Waals surface area (Å²) in [7, 11) is 1.66. The Labute approximate surface area is 173 Å². The normalized spacial score (nSPS) is 11.0. The molecule has 0 aliphatic heterocycles. The van der Waals surface area contributed by atoms with Crippen molar-refractivity contribution in [3.8, 4) is 0 Å². The van der Waals surface area contributed by atoms with E-state index in [-0.39, 0.29) is 24.6 Å². The van der Waals surface area contributed by atoms with Crippen molar-refractivity contribution in [1.29, 1.82) is 0 Å². The van der Waals surface area contributed by atoms with Crippen LogP contribution in [0.1, 0.15) is 32.8 Å². The van der Waals surface area contributed by atoms with E-state index in [0.717, 1.165) is 10.6 Å². The van der Waals surface area contributed by atoms with Crippen molar-refractivity contribution in [3.05, 3.63) is 57.8 Å². The molecule has 0 spiro atoms. The fraction of sp³-hybridized carbons (Fsp3) is 0.350. The Hall–Kier alpha value is -2.91. The Bertz CT molecular complexity index is 961. The summed E-state index contributed by atoms with van der Waals surface area (Å²) in [6.45, 7) is 5.27. The van der Waals surface area contributed by atoms with Crippen molar-refractivity contribution in [2.75, 3.05) is 18.5 Å². The Morgan fingerprint density at radius 3 is 2.79 bits per heavy atom. The maximum absolute atomic E-state index is 12.8. The van der Waals surface area contributed by atoms with Gasteiger partial charge in [0.1, 0.15) is 17.1 Å². The molecular formula is C20H24N4O4S. The highest BCUT2D eigenvalue weighted by Crippen LogP contribution is 2.19. The van der Waals surface area contributed by atoms with Gasteiger partial charge in [0, 0.05) is 23.3 Å². The summed E-state index contributed by atoms with van der Waals surface area (Å²) in [5, 5.41) is 6.85. The standard InChI is InChI=1S/C20H24N4O4S/c1-4-27-20(26)17-10-21-23(3)19(17)22-18(25)13-24(11-15-6-5-9-28-15)12-16-8-7-14(2)29-16/h5-10H,4,11-13H2,1-3H3,(H,22,25). The fourth-order valence-corrected chi connectivity index (χ4v) is 3.83. The lowest BCUT2D eigenvalue weighted by molar-refractivity contribution is -0.117. The lowest BCUT2D eigenvalue weighted by Crippen LogP contribution is -2.33. The molecule has 0 atom stereocenters. The zero-order valence-electron chi connectivity index (χ0n) is 16.7. The van der Waals surface area contributed by atoms with Crippen LogP contribution in [0.15, 0.2) is 41.1 Å². The maximum atomic E-state index is 12.8. The van der Waals surface area contributed by atoms with Gasteiger partial charge in [0.15, 0.2) is 0 Å². The van der Waals surface area contributed by atoms with E-state index in [9.17, 15) is 9.59 Å². The van der Waals surface area contributed by atoms with E-state index in [2.05, 4.69) is 29.5 Å². The molecule has 0 saturated heterocycles. The number of esters is 1. The molecule has 0 fully saturated rings. The molecule has 1 N–H and O–H groups in total. The van der Waals surface area contributed by atoms with E-state index >= 15 is 0 Å². The summed E-state index contributed by atoms with van der Waals surface area (Å²) >= 11 is 1.70. The molecule has 3 aromatic rings. The first-order valence-corrected chi connectivity index (χ1v) is 10.1. The van der Waals surface area contributed by atoms with Gasteiger partial charge >= 0.3 is 5.97 Å². The average Bonchev–Trinajstić information content (AvgIpc) is 3.39. The first-order chi connectivity index (χ1) is 14.0. The molecule has 8 nitrogen and oxygen atoms in total. The Morgan fingerprint density at radius 1 is 1.31 bits per heavy atom. The molecule has 29 heavy (non-hydrogen) atoms. The molecule has 0 bridgehead atoms. The van der Waals surface area contributed by atoms with E-state index in [1.54, 1.807) is 31.6 Å². The van der Waals surface area contributed by atoms with Crippen molar-refractivity contribution in [2.24, 2.45) is 7.05 Å². The van der Waals surface area contributed by atoms with E-state index in [1.165, 1.54) is 15.8 Å². The fourth-order valence-electron chi connectivity index (χ4n) is 2.90. The monoisotopic (exact) mass is 416 g/mol. The van der Waals surface area contributed by atoms with Crippen molar-refractivity contribution < 1.29 is 18.7 Å². The molecule has 0 saturated carbocycles. The summed E-state index contributed by atoms with van der Waals surface area (Å²) in [5.74, 6) is 0.327. The third kappa shape index (κ3) is 5.55. The van der Waals surface area contributed by atoms with Crippen LogP contribution in [-0.2, 0) is 29.7 Å². The first-order valence-electron chi connectivity index (χ1n) is 9.25. The van der Waals surface area contributed by atoms with Gasteiger partial charge in [-0.1, -0.05) is 0 Å². The predicted molar refractivity (Wildman–Crippen MR) is 110 cm³/mol. The number of carbonyl (C=O) groups excluding carboxylic acids is 2. The van der Waals surface area contributed by atoms with Gasteiger partial charge in [-0.3, -0.25) is 14.4 Å². The summed E-state index contributed by atoms with van der Waals surface area (Å²) in [5.41, 5.74) is 0.231. The highest BCUT2D eigenvalue weighted by atomic mass is 32.1. The number of amides is 1. The lowest BCUT2D eigenvalue weighted by atomic mass is 10.3. The van der Waals surface area contributed by atoms with Crippen molar-refractivity contribution in [2.45, 2.75) is 26.9 Å². The van der Waals surface area contributed by atoms with Crippen LogP contribution >= 0.6 is 11.3 Å². The third-order valence-electron chi connectivity index (χ3n) is 4.19. The number of hydrogen-bond acceptors (Lipinski definition) is 7. The Morgan fingerprint density at radius 2 is 2.14 bits per heavy atom. The third-order valence-corrected chi connectivity index (χ3v) is 5.18. The summed E-state index contributed by atoms with van der Waals surface area (Å²) in [6.07, 6.45) is 3.01. The van der Waals surface area contributed by atoms with Gasteiger partial charge in [0.25, 0.3) is 0 Å². The van der Waals surface area contributed by atoms with Crippen LogP contribution in [0.25, 0.3) is 0 Å². The van der Waals surface area contributed by atoms with Crippen LogP contribution in [0.2, 0.25) is 0 Å². The number of nitrogens with zero attached hydrogens (tertiary/aromatic N) is 3. The highest BCUT2D eigenvalue weighted by molar-refractivity contribution is 7.11. The van der Waals surface area contributed by atoms with Crippen molar-refractivity contribution in [1.82, 2.24) is 14.7 Å². The molecular weight excluding hydrogens is 392 g/mol. The van der Waals surface area contributed by atoms with Crippen molar-refractivity contribution in [3.63, 3.8) is 0 Å². The largest absolute Gasteiger partial charge is 0.468 e. The van der Waals surface area contributed by atoms with Crippen LogP contribution in [0.4, 0.5) is 5.82 Å². The number of ether oxygens (including phenoxy) is 1. The van der Waals surface area contributed by atoms with Crippen LogP contribution < -0.4 is 5.32 Å². The Balaban J connectivity index is 1.71. The van der Waals surface area contributed by atoms with E-state index in [4.69, 9.17) is 9.15 Å². The van der Waals surface area contributed by atoms with Gasteiger partial charge in [-0.2, -0.15) is 5.10 Å². The second-order valence-electron chi connectivity index (χ2n) is 6.54. The van der Waals surface area contributed by atoms with Gasteiger partial charge in [0.05, 0.1) is 32.2 Å². The van der Waals surface area contributed by atoms with E-state index < -0.39 is 5.97 Å². The number of thiophene rings is 1. The quantitative estimate of drug-likeness (QED) is 0.539. The second-order valence-corrected chi connectivity index (χ2v) is 7.91. The number of furan rings is 1. The SMILES string of the molecule is CCOC(=O)c1cnn(C)c1NC(=O)CN(Cc1ccco1)Cc1ccc(C)s1. The molecule has 3 rings (SSSR count). The molecule has 0 aromatic carbocycles. The Kier molecular flexibility index (Phi) is 6.84. The summed E-state index contributed by atoms with van der Waals surface area (Å²) in [6, 6.07) is 7.83. The van der Waals surface area contributed by atoms with E-state index in [1.807, 2.05) is 17.0 Å². The molecule has 0 aliphatic carbocycles. The molecule has 9 heteroatoms. The van der Waals surface area contributed by atoms with Crippen LogP contribution in [-0.4, -0.2) is 39.7 Å². The average molecular weight is 417 g/mol. The minimum Gasteiger partial charge on any atom is -0.468 e. The van der Waals surface area contributed by atoms with Gasteiger partial charge in [0.2, 0.25) is 5.91 Å². The molecule has 3 aromatic heterocycles. The zero-order chi connectivity index (χ0) is 20.8. The van der Waals surface area contributed by atoms with Crippen LogP contribution in [0, 0.1) is 6.92 Å². The number of aromatic nitrogens is 2. The predicted octanol–water partition coefficient (Wildman–Crippen LogP) is 3.20. The van der Waals surface area contributed by atoms with Crippen LogP contribution in [0.3, 0.4) is 0 Å². The van der Waals surface area contributed by atoms with Crippen molar-refractivity contribution >= 4 is 29.0 Å². The van der Waals surface area contributed by atoms with E-state index in [0.29, 0.717) is 18.9 Å². The van der Waals surface area contributed by atoms with Gasteiger partial charge < -0.3 is 14.5 Å². The topological polar surface area (TPSA) is 89.6 Å². The molecule has 3 heterocycles. The number of hydrogen-bond donors (Lipinski definition) is 1.